The maximum atomic E-state index is 15.3. The maximum Gasteiger partial charge on any atom is 0.335 e. The molecule has 3 aromatic rings. The zero-order valence-corrected chi connectivity index (χ0v) is 30.8. The van der Waals surface area contributed by atoms with Gasteiger partial charge in [0.15, 0.2) is 22.8 Å². The number of carbonyl (C=O) groups is 5. The van der Waals surface area contributed by atoms with Gasteiger partial charge in [0.2, 0.25) is 11.6 Å². The van der Waals surface area contributed by atoms with Crippen LogP contribution in [0.5, 0.6) is 11.5 Å². The Hall–Kier alpha value is -5.17. The van der Waals surface area contributed by atoms with Gasteiger partial charge in [-0.05, 0) is 48.8 Å². The van der Waals surface area contributed by atoms with Crippen LogP contribution in [-0.4, -0.2) is 118 Å². The number of methoxy groups -OCH3 is 3. The van der Waals surface area contributed by atoms with E-state index in [4.69, 9.17) is 23.7 Å². The van der Waals surface area contributed by atoms with Crippen LogP contribution in [0.15, 0.2) is 54.6 Å². The van der Waals surface area contributed by atoms with E-state index in [9.17, 15) is 39.9 Å². The normalized spacial score (nSPS) is 30.7. The number of hydrogen-bond donors (Lipinski definition) is 6. The number of ether oxygens (including phenoxy) is 5. The Bertz CT molecular complexity index is 2220. The van der Waals surface area contributed by atoms with E-state index in [1.165, 1.54) is 27.2 Å². The summed E-state index contributed by atoms with van der Waals surface area (Å²) in [6.45, 7) is 2.75. The van der Waals surface area contributed by atoms with Crippen LogP contribution >= 0.6 is 0 Å². The summed E-state index contributed by atoms with van der Waals surface area (Å²) in [4.78, 5) is 69.9. The number of phenolic OH excluding ortho intramolecular Hbond substituents is 1. The Balaban J connectivity index is 1.50. The van der Waals surface area contributed by atoms with Crippen molar-refractivity contribution in [2.45, 2.75) is 74.4 Å². The Morgan fingerprint density at radius 2 is 1.54 bits per heavy atom. The van der Waals surface area contributed by atoms with Gasteiger partial charge in [0.1, 0.15) is 48.7 Å². The number of allylic oxidation sites excluding steroid dienone is 2. The van der Waals surface area contributed by atoms with Gasteiger partial charge in [-0.25, -0.2) is 4.79 Å². The fourth-order valence-electron chi connectivity index (χ4n) is 8.60. The number of carboxylic acid groups (broad SMARTS) is 1. The molecule has 0 aromatic heterocycles. The number of fused-ring (bicyclic) bond motifs is 5. The summed E-state index contributed by atoms with van der Waals surface area (Å²) < 4.78 is 28.9. The number of aryl methyl sites for hydroxylation is 1. The van der Waals surface area contributed by atoms with Crippen molar-refractivity contribution < 1.29 is 73.2 Å². The molecule has 4 aliphatic rings. The van der Waals surface area contributed by atoms with E-state index in [-0.39, 0.29) is 17.7 Å². The molecule has 0 saturated carbocycles. The number of phenols is 1. The van der Waals surface area contributed by atoms with Crippen LogP contribution in [0.25, 0.3) is 0 Å². The van der Waals surface area contributed by atoms with Crippen molar-refractivity contribution in [2.24, 2.45) is 0 Å². The molecular weight excluding hydrogens is 734 g/mol. The molecule has 1 aliphatic heterocycles. The quantitative estimate of drug-likeness (QED) is 0.181. The number of hydrogen-bond acceptors (Lipinski definition) is 15. The van der Waals surface area contributed by atoms with Gasteiger partial charge in [-0.3, -0.25) is 24.5 Å². The van der Waals surface area contributed by atoms with E-state index in [1.807, 2.05) is 0 Å². The van der Waals surface area contributed by atoms with Crippen molar-refractivity contribution in [3.63, 3.8) is 0 Å². The first-order chi connectivity index (χ1) is 26.6. The second-order valence-electron chi connectivity index (χ2n) is 14.1. The number of aromatic hydroxyl groups is 1. The first-order valence-electron chi connectivity index (χ1n) is 17.6. The smallest absolute Gasteiger partial charge is 0.335 e. The minimum absolute atomic E-state index is 0.0719. The molecule has 3 aliphatic carbocycles. The fourth-order valence-corrected chi connectivity index (χ4v) is 8.60. The molecule has 0 spiro atoms. The predicted octanol–water partition coefficient (Wildman–Crippen LogP) is 1.71. The highest BCUT2D eigenvalue weighted by molar-refractivity contribution is 6.31. The first kappa shape index (κ1) is 39.1. The second kappa shape index (κ2) is 14.1. The van der Waals surface area contributed by atoms with E-state index in [2.05, 4.69) is 5.32 Å². The molecule has 16 heteroatoms. The number of rotatable bonds is 9. The lowest BCUT2D eigenvalue weighted by Gasteiger charge is -2.56. The standard InChI is InChI=1S/C40H39NO15/c1-16-13-20-21(14-19(16)38(49)50)39(51)34(46)27-26(29(44)24-22(42)11-12-23(43)25(24)32(27)55-15-18-9-7-6-8-10-18)35(47)40(39,54-5)36(48)28(20)41-37-33(53-4)30(45)31(52-3)17(2)56-37/h6-14,17,28,30-31,33,36-37,41,44-45,48,51H,15H2,1-5H3,(H,49,50)/t17-,28?,30+,31-,33?,36?,37?,39?,40?/m0/s1. The summed E-state index contributed by atoms with van der Waals surface area (Å²) in [5.41, 5.74) is -9.53. The number of Topliss-reactive ketones (excluding diaryl/α,β-unsaturated/α-hetero) is 2. The maximum absolute atomic E-state index is 15.3. The van der Waals surface area contributed by atoms with Gasteiger partial charge in [0.05, 0.1) is 40.0 Å². The number of benzene rings is 3. The Morgan fingerprint density at radius 3 is 2.14 bits per heavy atom. The zero-order chi connectivity index (χ0) is 40.6. The number of aromatic carboxylic acids is 1. The van der Waals surface area contributed by atoms with E-state index in [0.717, 1.165) is 25.3 Å². The Labute approximate surface area is 319 Å². The second-order valence-corrected chi connectivity index (χ2v) is 14.1. The first-order valence-corrected chi connectivity index (χ1v) is 17.6. The van der Waals surface area contributed by atoms with Gasteiger partial charge in [-0.1, -0.05) is 36.4 Å². The lowest BCUT2D eigenvalue weighted by molar-refractivity contribution is -0.246. The summed E-state index contributed by atoms with van der Waals surface area (Å²) in [7, 11) is 3.58. The lowest BCUT2D eigenvalue weighted by Crippen LogP contribution is -2.75. The van der Waals surface area contributed by atoms with Crippen molar-refractivity contribution in [3.05, 3.63) is 105 Å². The molecular formula is C40H39NO15. The molecule has 0 bridgehead atoms. The van der Waals surface area contributed by atoms with Crippen LogP contribution in [0.3, 0.4) is 0 Å². The SMILES string of the molecule is COC1C(NC2c3cc(C)c(C(=O)O)cc3C3(O)C(=O)c4c(OCc5ccccc5)c5c(c(O)c4C(=O)C3(OC)C2O)C(=O)C=CC5=O)O[C@@H](C)[C@H](OC)[C@H]1O. The average Bonchev–Trinajstić information content (AvgIpc) is 3.16. The molecule has 0 amide bonds. The zero-order valence-electron chi connectivity index (χ0n) is 30.8. The minimum Gasteiger partial charge on any atom is -0.506 e. The summed E-state index contributed by atoms with van der Waals surface area (Å²) in [5.74, 6) is -7.76. The van der Waals surface area contributed by atoms with Crippen molar-refractivity contribution in [1.29, 1.82) is 0 Å². The van der Waals surface area contributed by atoms with Gasteiger partial charge in [-0.2, -0.15) is 0 Å². The van der Waals surface area contributed by atoms with Crippen molar-refractivity contribution in [2.75, 3.05) is 21.3 Å². The molecule has 6 unspecified atom stereocenters. The number of aliphatic hydroxyl groups excluding tert-OH is 2. The van der Waals surface area contributed by atoms with Gasteiger partial charge in [0, 0.05) is 26.9 Å². The number of carboxylic acids is 1. The van der Waals surface area contributed by atoms with Gasteiger partial charge >= 0.3 is 5.97 Å². The van der Waals surface area contributed by atoms with Gasteiger partial charge < -0.3 is 49.2 Å². The third-order valence-electron chi connectivity index (χ3n) is 11.3. The van der Waals surface area contributed by atoms with Crippen LogP contribution in [0.1, 0.15) is 87.0 Å². The number of aliphatic hydroxyl groups is 3. The molecule has 1 fully saturated rings. The summed E-state index contributed by atoms with van der Waals surface area (Å²) >= 11 is 0. The molecule has 6 N–H and O–H groups in total. The Morgan fingerprint density at radius 1 is 0.893 bits per heavy atom. The van der Waals surface area contributed by atoms with Crippen LogP contribution in [0, 0.1) is 6.92 Å². The fraction of sp³-hybridized carbons (Fsp3) is 0.375. The van der Waals surface area contributed by atoms with Gasteiger partial charge in [0.25, 0.3) is 0 Å². The molecule has 7 rings (SSSR count). The topological polar surface area (TPSA) is 245 Å². The van der Waals surface area contributed by atoms with E-state index in [0.29, 0.717) is 5.56 Å². The van der Waals surface area contributed by atoms with E-state index >= 15 is 9.59 Å². The highest BCUT2D eigenvalue weighted by Crippen LogP contribution is 2.58. The monoisotopic (exact) mass is 773 g/mol. The molecule has 0 radical (unpaired) electrons. The van der Waals surface area contributed by atoms with E-state index < -0.39 is 128 Å². The Kier molecular flexibility index (Phi) is 9.83. The molecule has 9 atom stereocenters. The lowest BCUT2D eigenvalue weighted by atomic mass is 9.55. The number of carbonyl (C=O) groups excluding carboxylic acids is 4. The third-order valence-corrected chi connectivity index (χ3v) is 11.3. The highest BCUT2D eigenvalue weighted by atomic mass is 16.6. The predicted molar refractivity (Wildman–Crippen MR) is 191 cm³/mol. The largest absolute Gasteiger partial charge is 0.506 e. The average molecular weight is 774 g/mol. The summed E-state index contributed by atoms with van der Waals surface area (Å²) in [5, 5.41) is 61.7. The molecule has 16 nitrogen and oxygen atoms in total. The van der Waals surface area contributed by atoms with Crippen molar-refractivity contribution in [3.8, 4) is 11.5 Å². The third kappa shape index (κ3) is 5.33. The van der Waals surface area contributed by atoms with Gasteiger partial charge in [-0.15, -0.1) is 0 Å². The highest BCUT2D eigenvalue weighted by Gasteiger charge is 2.74. The molecule has 1 saturated heterocycles. The number of ketones is 4. The van der Waals surface area contributed by atoms with E-state index in [1.54, 1.807) is 37.3 Å². The molecule has 56 heavy (non-hydrogen) atoms. The minimum atomic E-state index is -3.28. The van der Waals surface area contributed by atoms with Crippen LogP contribution < -0.4 is 10.1 Å². The molecule has 294 valence electrons. The van der Waals surface area contributed by atoms with Crippen molar-refractivity contribution in [1.82, 2.24) is 5.32 Å². The van der Waals surface area contributed by atoms with Crippen LogP contribution in [-0.2, 0) is 31.2 Å². The summed E-state index contributed by atoms with van der Waals surface area (Å²) in [6, 6.07) is 9.18. The summed E-state index contributed by atoms with van der Waals surface area (Å²) in [6.07, 6.45) is -5.81. The van der Waals surface area contributed by atoms with Crippen LogP contribution in [0.2, 0.25) is 0 Å². The molecule has 1 heterocycles. The number of nitrogens with one attached hydrogen (secondary N) is 1. The van der Waals surface area contributed by atoms with Crippen LogP contribution in [0.4, 0.5) is 0 Å². The van der Waals surface area contributed by atoms with Crippen molar-refractivity contribution >= 4 is 29.1 Å². The molecule has 3 aromatic carbocycles.